The van der Waals surface area contributed by atoms with E-state index < -0.39 is 21.8 Å². The van der Waals surface area contributed by atoms with Gasteiger partial charge in [0.05, 0.1) is 22.8 Å². The fourth-order valence-corrected chi connectivity index (χ4v) is 5.51. The number of ether oxygens (including phenoxy) is 1. The Hall–Kier alpha value is -3.75. The zero-order chi connectivity index (χ0) is 25.2. The van der Waals surface area contributed by atoms with E-state index in [1.54, 1.807) is 55.5 Å². The number of carbonyl (C=O) groups excluding carboxylic acids is 2. The fourth-order valence-electron chi connectivity index (χ4n) is 3.79. The summed E-state index contributed by atoms with van der Waals surface area (Å²) in [6.45, 7) is 5.56. The molecule has 0 spiro atoms. The highest BCUT2D eigenvalue weighted by atomic mass is 35.5. The van der Waals surface area contributed by atoms with Gasteiger partial charge in [0, 0.05) is 34.2 Å². The van der Waals surface area contributed by atoms with Crippen molar-refractivity contribution in [1.29, 1.82) is 0 Å². The maximum Gasteiger partial charge on any atom is 0.333 e. The number of benzene rings is 2. The molecule has 0 saturated carbocycles. The van der Waals surface area contributed by atoms with Gasteiger partial charge in [-0.3, -0.25) is 4.79 Å². The highest BCUT2D eigenvalue weighted by molar-refractivity contribution is 7.90. The van der Waals surface area contributed by atoms with Crippen molar-refractivity contribution in [3.63, 3.8) is 0 Å². The fraction of sp³-hybridized carbons (Fsp3) is 0.115. The molecule has 0 N–H and O–H groups in total. The van der Waals surface area contributed by atoms with Gasteiger partial charge in [0.25, 0.3) is 10.0 Å². The summed E-state index contributed by atoms with van der Waals surface area (Å²) < 4.78 is 33.7. The second kappa shape index (κ2) is 9.85. The Morgan fingerprint density at radius 1 is 1.06 bits per heavy atom. The molecule has 2 aromatic carbocycles. The van der Waals surface area contributed by atoms with Crippen LogP contribution in [0.3, 0.4) is 0 Å². The second-order valence-corrected chi connectivity index (χ2v) is 9.84. The monoisotopic (exact) mass is 508 g/mol. The third-order valence-corrected chi connectivity index (χ3v) is 7.30. The number of pyridine rings is 1. The van der Waals surface area contributed by atoms with Crippen LogP contribution < -0.4 is 0 Å². The predicted octanol–water partition coefficient (Wildman–Crippen LogP) is 4.82. The van der Waals surface area contributed by atoms with Gasteiger partial charge in [0.2, 0.25) is 0 Å². The van der Waals surface area contributed by atoms with E-state index in [-0.39, 0.29) is 46.0 Å². The number of fused-ring (bicyclic) bond motifs is 1. The van der Waals surface area contributed by atoms with Crippen molar-refractivity contribution in [2.24, 2.45) is 0 Å². The van der Waals surface area contributed by atoms with Crippen LogP contribution in [0.15, 0.2) is 90.0 Å². The topological polar surface area (TPSA) is 95.3 Å². The first kappa shape index (κ1) is 24.4. The van der Waals surface area contributed by atoms with E-state index in [1.807, 2.05) is 0 Å². The highest BCUT2D eigenvalue weighted by Crippen LogP contribution is 2.33. The summed E-state index contributed by atoms with van der Waals surface area (Å²) in [4.78, 5) is 30.4. The summed E-state index contributed by atoms with van der Waals surface area (Å²) in [5.41, 5.74) is 0.485. The van der Waals surface area contributed by atoms with Crippen molar-refractivity contribution in [3.05, 3.63) is 107 Å². The molecule has 0 fully saturated rings. The SMILES string of the molecule is C=C(Cc1c(C(=O)c2cccc(Cl)c2)c2cccnc2n1S(=O)(=O)c1ccccc1)C(=O)OCC. The lowest BCUT2D eigenvalue weighted by molar-refractivity contribution is -0.138. The summed E-state index contributed by atoms with van der Waals surface area (Å²) >= 11 is 6.11. The molecule has 0 radical (unpaired) electrons. The summed E-state index contributed by atoms with van der Waals surface area (Å²) in [6, 6.07) is 17.4. The number of aromatic nitrogens is 2. The lowest BCUT2D eigenvalue weighted by Crippen LogP contribution is -2.20. The van der Waals surface area contributed by atoms with Crippen molar-refractivity contribution in [1.82, 2.24) is 8.96 Å². The molecule has 2 heterocycles. The van der Waals surface area contributed by atoms with Gasteiger partial charge < -0.3 is 4.74 Å². The van der Waals surface area contributed by atoms with Crippen LogP contribution in [0.4, 0.5) is 0 Å². The first-order valence-electron chi connectivity index (χ1n) is 10.7. The number of carbonyl (C=O) groups is 2. The first-order chi connectivity index (χ1) is 16.8. The molecule has 178 valence electrons. The minimum absolute atomic E-state index is 0.000637. The molecular weight excluding hydrogens is 488 g/mol. The lowest BCUT2D eigenvalue weighted by atomic mass is 9.98. The van der Waals surface area contributed by atoms with Gasteiger partial charge in [0.15, 0.2) is 11.4 Å². The second-order valence-electron chi connectivity index (χ2n) is 7.62. The van der Waals surface area contributed by atoms with E-state index in [0.29, 0.717) is 10.4 Å². The van der Waals surface area contributed by atoms with E-state index in [1.165, 1.54) is 24.4 Å². The maximum absolute atomic E-state index is 13.8. The number of hydrogen-bond donors (Lipinski definition) is 0. The molecular formula is C26H21ClN2O5S. The molecule has 0 bridgehead atoms. The van der Waals surface area contributed by atoms with E-state index in [9.17, 15) is 18.0 Å². The van der Waals surface area contributed by atoms with Gasteiger partial charge in [-0.1, -0.05) is 48.5 Å². The molecule has 4 rings (SSSR count). The summed E-state index contributed by atoms with van der Waals surface area (Å²) in [7, 11) is -4.20. The van der Waals surface area contributed by atoms with Gasteiger partial charge in [-0.2, -0.15) is 0 Å². The first-order valence-corrected chi connectivity index (χ1v) is 12.5. The molecule has 35 heavy (non-hydrogen) atoms. The highest BCUT2D eigenvalue weighted by Gasteiger charge is 2.32. The zero-order valence-electron chi connectivity index (χ0n) is 18.8. The Kier molecular flexibility index (Phi) is 6.86. The van der Waals surface area contributed by atoms with Gasteiger partial charge in [-0.15, -0.1) is 0 Å². The van der Waals surface area contributed by atoms with Crippen LogP contribution in [0.5, 0.6) is 0 Å². The molecule has 0 aliphatic carbocycles. The molecule has 0 amide bonds. The van der Waals surface area contributed by atoms with Crippen molar-refractivity contribution in [3.8, 4) is 0 Å². The van der Waals surface area contributed by atoms with Crippen molar-refractivity contribution < 1.29 is 22.7 Å². The normalized spacial score (nSPS) is 11.4. The molecule has 0 aliphatic heterocycles. The van der Waals surface area contributed by atoms with E-state index in [4.69, 9.17) is 16.3 Å². The van der Waals surface area contributed by atoms with Crippen LogP contribution in [0.2, 0.25) is 5.02 Å². The number of esters is 1. The summed E-state index contributed by atoms with van der Waals surface area (Å²) in [5.74, 6) is -1.14. The Balaban J connectivity index is 2.04. The zero-order valence-corrected chi connectivity index (χ0v) is 20.3. The molecule has 2 aromatic heterocycles. The third kappa shape index (κ3) is 4.62. The number of halogens is 1. The average molecular weight is 509 g/mol. The van der Waals surface area contributed by atoms with Crippen LogP contribution in [-0.4, -0.2) is 35.7 Å². The molecule has 0 atom stereocenters. The molecule has 0 aliphatic rings. The molecule has 4 aromatic rings. The number of hydrogen-bond acceptors (Lipinski definition) is 6. The minimum atomic E-state index is -4.20. The summed E-state index contributed by atoms with van der Waals surface area (Å²) in [5, 5.41) is 0.677. The van der Waals surface area contributed by atoms with Gasteiger partial charge in [-0.05, 0) is 43.3 Å². The summed E-state index contributed by atoms with van der Waals surface area (Å²) in [6.07, 6.45) is 1.19. The van der Waals surface area contributed by atoms with Crippen LogP contribution in [0, 0.1) is 0 Å². The van der Waals surface area contributed by atoms with Crippen LogP contribution in [-0.2, 0) is 26.0 Å². The van der Waals surface area contributed by atoms with Gasteiger partial charge in [-0.25, -0.2) is 22.2 Å². The molecule has 9 heteroatoms. The maximum atomic E-state index is 13.8. The quantitative estimate of drug-likeness (QED) is 0.192. The Labute approximate surface area is 207 Å². The molecule has 0 saturated heterocycles. The van der Waals surface area contributed by atoms with Crippen LogP contribution >= 0.6 is 11.6 Å². The van der Waals surface area contributed by atoms with Crippen molar-refractivity contribution in [2.75, 3.05) is 6.61 Å². The van der Waals surface area contributed by atoms with Crippen LogP contribution in [0.1, 0.15) is 28.5 Å². The average Bonchev–Trinajstić information content (AvgIpc) is 3.18. The number of nitrogens with zero attached hydrogens (tertiary/aromatic N) is 2. The van der Waals surface area contributed by atoms with Gasteiger partial charge in [0.1, 0.15) is 0 Å². The minimum Gasteiger partial charge on any atom is -0.463 e. The van der Waals surface area contributed by atoms with Crippen LogP contribution in [0.25, 0.3) is 11.0 Å². The molecule has 0 unspecified atom stereocenters. The Morgan fingerprint density at radius 2 is 1.80 bits per heavy atom. The predicted molar refractivity (Wildman–Crippen MR) is 133 cm³/mol. The van der Waals surface area contributed by atoms with E-state index in [0.717, 1.165) is 3.97 Å². The smallest absolute Gasteiger partial charge is 0.333 e. The third-order valence-electron chi connectivity index (χ3n) is 5.32. The van der Waals surface area contributed by atoms with Crippen molar-refractivity contribution >= 4 is 44.4 Å². The standard InChI is InChI=1S/C26H21ClN2O5S/c1-3-34-26(31)17(2)15-22-23(24(30)18-9-7-10-19(27)16-18)21-13-8-14-28-25(21)29(22)35(32,33)20-11-5-4-6-12-20/h4-14,16H,2-3,15H2,1H3. The lowest BCUT2D eigenvalue weighted by Gasteiger charge is -2.13. The van der Waals surface area contributed by atoms with Crippen molar-refractivity contribution in [2.45, 2.75) is 18.2 Å². The van der Waals surface area contributed by atoms with Gasteiger partial charge >= 0.3 is 5.97 Å². The Bertz CT molecular complexity index is 1560. The largest absolute Gasteiger partial charge is 0.463 e. The van der Waals surface area contributed by atoms with E-state index in [2.05, 4.69) is 11.6 Å². The Morgan fingerprint density at radius 3 is 2.49 bits per heavy atom. The molecule has 7 nitrogen and oxygen atoms in total. The number of rotatable bonds is 8. The number of ketones is 1. The van der Waals surface area contributed by atoms with E-state index >= 15 is 0 Å².